The van der Waals surface area contributed by atoms with E-state index in [1.165, 1.54) is 0 Å². The van der Waals surface area contributed by atoms with Crippen molar-refractivity contribution >= 4 is 23.5 Å². The van der Waals surface area contributed by atoms with Crippen LogP contribution in [0.25, 0.3) is 0 Å². The molecule has 0 aliphatic heterocycles. The second-order valence-electron chi connectivity index (χ2n) is 4.27. The standard InChI is InChI=1S/C12H13F3N6/c1-16-10-18-11(20-12(19-10)21(2)3)17-7-5-4-6(13)8(14)9(7)15/h4-5H,1-3H3,(H2,16,17,18,19,20). The van der Waals surface area contributed by atoms with Crippen molar-refractivity contribution in [2.24, 2.45) is 0 Å². The van der Waals surface area contributed by atoms with Gasteiger partial charge >= 0.3 is 0 Å². The Kier molecular flexibility index (Phi) is 4.10. The summed E-state index contributed by atoms with van der Waals surface area (Å²) in [4.78, 5) is 13.7. The molecule has 0 spiro atoms. The molecule has 1 aromatic heterocycles. The van der Waals surface area contributed by atoms with Gasteiger partial charge in [0.05, 0.1) is 5.69 Å². The van der Waals surface area contributed by atoms with Gasteiger partial charge < -0.3 is 15.5 Å². The smallest absolute Gasteiger partial charge is 0.233 e. The molecule has 0 amide bonds. The normalized spacial score (nSPS) is 10.4. The maximum absolute atomic E-state index is 13.6. The van der Waals surface area contributed by atoms with Gasteiger partial charge in [0.15, 0.2) is 17.5 Å². The Labute approximate surface area is 119 Å². The molecule has 0 radical (unpaired) electrons. The number of nitrogens with one attached hydrogen (secondary N) is 2. The molecule has 0 fully saturated rings. The quantitative estimate of drug-likeness (QED) is 0.843. The summed E-state index contributed by atoms with van der Waals surface area (Å²) in [7, 11) is 5.05. The van der Waals surface area contributed by atoms with E-state index in [1.54, 1.807) is 26.0 Å². The molecule has 2 N–H and O–H groups in total. The van der Waals surface area contributed by atoms with Crippen molar-refractivity contribution in [1.82, 2.24) is 15.0 Å². The fourth-order valence-electron chi connectivity index (χ4n) is 1.48. The van der Waals surface area contributed by atoms with Crippen LogP contribution in [0, 0.1) is 17.5 Å². The number of benzene rings is 1. The van der Waals surface area contributed by atoms with E-state index in [0.29, 0.717) is 5.95 Å². The minimum atomic E-state index is -1.56. The van der Waals surface area contributed by atoms with E-state index >= 15 is 0 Å². The number of hydrogen-bond acceptors (Lipinski definition) is 6. The Morgan fingerprint density at radius 2 is 1.62 bits per heavy atom. The Bertz CT molecular complexity index is 662. The summed E-state index contributed by atoms with van der Waals surface area (Å²) in [6.07, 6.45) is 0. The Morgan fingerprint density at radius 1 is 0.952 bits per heavy atom. The van der Waals surface area contributed by atoms with Crippen LogP contribution in [-0.4, -0.2) is 36.1 Å². The third kappa shape index (κ3) is 3.12. The maximum atomic E-state index is 13.6. The van der Waals surface area contributed by atoms with E-state index in [0.717, 1.165) is 12.1 Å². The average molecular weight is 298 g/mol. The average Bonchev–Trinajstić information content (AvgIpc) is 2.47. The highest BCUT2D eigenvalue weighted by Gasteiger charge is 2.15. The van der Waals surface area contributed by atoms with Crippen molar-refractivity contribution in [3.63, 3.8) is 0 Å². The molecule has 2 aromatic rings. The molecule has 0 atom stereocenters. The van der Waals surface area contributed by atoms with Gasteiger partial charge in [-0.3, -0.25) is 0 Å². The van der Waals surface area contributed by atoms with E-state index in [1.807, 2.05) is 0 Å². The summed E-state index contributed by atoms with van der Waals surface area (Å²) in [5.74, 6) is -3.59. The molecule has 0 unspecified atom stereocenters. The molecule has 1 heterocycles. The van der Waals surface area contributed by atoms with E-state index in [4.69, 9.17) is 0 Å². The minimum Gasteiger partial charge on any atom is -0.357 e. The van der Waals surface area contributed by atoms with E-state index in [2.05, 4.69) is 25.6 Å². The zero-order chi connectivity index (χ0) is 15.6. The number of halogens is 3. The monoisotopic (exact) mass is 298 g/mol. The molecule has 112 valence electrons. The molecule has 6 nitrogen and oxygen atoms in total. The molecule has 1 aromatic carbocycles. The number of anilines is 4. The second-order valence-corrected chi connectivity index (χ2v) is 4.27. The first-order valence-corrected chi connectivity index (χ1v) is 5.94. The van der Waals surface area contributed by atoms with Crippen molar-refractivity contribution < 1.29 is 13.2 Å². The maximum Gasteiger partial charge on any atom is 0.233 e. The van der Waals surface area contributed by atoms with Gasteiger partial charge in [0, 0.05) is 21.1 Å². The van der Waals surface area contributed by atoms with Crippen LogP contribution >= 0.6 is 0 Å². The van der Waals surface area contributed by atoms with Gasteiger partial charge in [-0.05, 0) is 12.1 Å². The first-order chi connectivity index (χ1) is 9.92. The van der Waals surface area contributed by atoms with Gasteiger partial charge in [-0.1, -0.05) is 0 Å². The lowest BCUT2D eigenvalue weighted by Crippen LogP contribution is -2.16. The van der Waals surface area contributed by atoms with Gasteiger partial charge in [0.1, 0.15) is 0 Å². The molecular weight excluding hydrogens is 285 g/mol. The molecule has 0 saturated carbocycles. The SMILES string of the molecule is CNc1nc(Nc2ccc(F)c(F)c2F)nc(N(C)C)n1. The number of aromatic nitrogens is 3. The largest absolute Gasteiger partial charge is 0.357 e. The summed E-state index contributed by atoms with van der Waals surface area (Å²) >= 11 is 0. The predicted octanol–water partition coefficient (Wildman–Crippen LogP) is 2.14. The third-order valence-electron chi connectivity index (χ3n) is 2.53. The van der Waals surface area contributed by atoms with Crippen molar-refractivity contribution in [3.05, 3.63) is 29.6 Å². The molecule has 2 rings (SSSR count). The molecule has 0 aliphatic rings. The van der Waals surface area contributed by atoms with Crippen LogP contribution in [0.15, 0.2) is 12.1 Å². The fourth-order valence-corrected chi connectivity index (χ4v) is 1.48. The highest BCUT2D eigenvalue weighted by molar-refractivity contribution is 5.56. The van der Waals surface area contributed by atoms with Crippen molar-refractivity contribution in [3.8, 4) is 0 Å². The highest BCUT2D eigenvalue weighted by Crippen LogP contribution is 2.23. The molecule has 0 aliphatic carbocycles. The van der Waals surface area contributed by atoms with Crippen LogP contribution in [0.3, 0.4) is 0 Å². The van der Waals surface area contributed by atoms with Crippen LogP contribution in [0.5, 0.6) is 0 Å². The lowest BCUT2D eigenvalue weighted by Gasteiger charge is -2.13. The van der Waals surface area contributed by atoms with Gasteiger partial charge in [0.25, 0.3) is 0 Å². The number of rotatable bonds is 4. The van der Waals surface area contributed by atoms with Gasteiger partial charge in [-0.15, -0.1) is 0 Å². The molecular formula is C12H13F3N6. The number of hydrogen-bond donors (Lipinski definition) is 2. The Balaban J connectivity index is 2.39. The first kappa shape index (κ1) is 14.8. The van der Waals surface area contributed by atoms with Crippen LogP contribution < -0.4 is 15.5 Å². The second kappa shape index (κ2) is 5.81. The first-order valence-electron chi connectivity index (χ1n) is 5.94. The molecule has 0 saturated heterocycles. The van der Waals surface area contributed by atoms with Crippen molar-refractivity contribution in [1.29, 1.82) is 0 Å². The third-order valence-corrected chi connectivity index (χ3v) is 2.53. The van der Waals surface area contributed by atoms with Crippen molar-refractivity contribution in [2.75, 3.05) is 36.7 Å². The lowest BCUT2D eigenvalue weighted by molar-refractivity contribution is 0.449. The Morgan fingerprint density at radius 3 is 2.24 bits per heavy atom. The summed E-state index contributed by atoms with van der Waals surface area (Å²) in [5.41, 5.74) is -0.271. The van der Waals surface area contributed by atoms with E-state index < -0.39 is 17.5 Å². The molecule has 9 heteroatoms. The van der Waals surface area contributed by atoms with E-state index in [9.17, 15) is 13.2 Å². The van der Waals surface area contributed by atoms with Crippen LogP contribution in [-0.2, 0) is 0 Å². The van der Waals surface area contributed by atoms with Gasteiger partial charge in [-0.2, -0.15) is 15.0 Å². The van der Waals surface area contributed by atoms with Gasteiger partial charge in [0.2, 0.25) is 17.8 Å². The fraction of sp³-hybridized carbons (Fsp3) is 0.250. The molecule has 0 bridgehead atoms. The van der Waals surface area contributed by atoms with E-state index in [-0.39, 0.29) is 17.6 Å². The predicted molar refractivity (Wildman–Crippen MR) is 73.3 cm³/mol. The van der Waals surface area contributed by atoms with Crippen LogP contribution in [0.1, 0.15) is 0 Å². The highest BCUT2D eigenvalue weighted by atomic mass is 19.2. The number of nitrogens with zero attached hydrogens (tertiary/aromatic N) is 4. The summed E-state index contributed by atoms with van der Waals surface area (Å²) in [5, 5.41) is 5.23. The summed E-state index contributed by atoms with van der Waals surface area (Å²) < 4.78 is 39.7. The lowest BCUT2D eigenvalue weighted by atomic mass is 10.3. The van der Waals surface area contributed by atoms with Crippen molar-refractivity contribution in [2.45, 2.75) is 0 Å². The Hall–Kier alpha value is -2.58. The van der Waals surface area contributed by atoms with Crippen LogP contribution in [0.4, 0.5) is 36.7 Å². The minimum absolute atomic E-state index is 0.00274. The van der Waals surface area contributed by atoms with Crippen LogP contribution in [0.2, 0.25) is 0 Å². The summed E-state index contributed by atoms with van der Waals surface area (Å²) in [6.45, 7) is 0. The topological polar surface area (TPSA) is 66.0 Å². The van der Waals surface area contributed by atoms with Gasteiger partial charge in [-0.25, -0.2) is 13.2 Å². The molecule has 21 heavy (non-hydrogen) atoms. The zero-order valence-corrected chi connectivity index (χ0v) is 11.6. The summed E-state index contributed by atoms with van der Waals surface area (Å²) in [6, 6.07) is 1.87. The zero-order valence-electron chi connectivity index (χ0n) is 11.6.